The van der Waals surface area contributed by atoms with Crippen molar-refractivity contribution < 1.29 is 4.79 Å². The molecule has 0 spiro atoms. The van der Waals surface area contributed by atoms with Gasteiger partial charge in [0.1, 0.15) is 0 Å². The number of amidine groups is 1. The molecule has 0 aliphatic carbocycles. The summed E-state index contributed by atoms with van der Waals surface area (Å²) in [7, 11) is 0. The molecule has 0 bridgehead atoms. The number of hydrogen-bond acceptors (Lipinski definition) is 3. The first-order valence-electron chi connectivity index (χ1n) is 12.2. The van der Waals surface area contributed by atoms with Gasteiger partial charge < -0.3 is 4.57 Å². The summed E-state index contributed by atoms with van der Waals surface area (Å²) in [5.41, 5.74) is 5.05. The highest BCUT2D eigenvalue weighted by molar-refractivity contribution is 8.18. The van der Waals surface area contributed by atoms with E-state index in [1.807, 2.05) is 59.5 Å². The smallest absolute Gasteiger partial charge is 0.267 e. The van der Waals surface area contributed by atoms with Crippen molar-refractivity contribution in [2.24, 2.45) is 4.99 Å². The van der Waals surface area contributed by atoms with Crippen LogP contribution in [0.3, 0.4) is 0 Å². The topological polar surface area (TPSA) is 37.6 Å². The van der Waals surface area contributed by atoms with E-state index in [0.29, 0.717) is 26.7 Å². The number of hydrogen-bond donors (Lipinski definition) is 0. The summed E-state index contributed by atoms with van der Waals surface area (Å²) in [5, 5.41) is 3.04. The molecule has 2 heterocycles. The molecule has 0 radical (unpaired) electrons. The number of halogens is 2. The average Bonchev–Trinajstić information content (AvgIpc) is 3.38. The van der Waals surface area contributed by atoms with Crippen LogP contribution < -0.4 is 0 Å². The van der Waals surface area contributed by atoms with E-state index in [1.165, 1.54) is 17.3 Å². The number of fused-ring (bicyclic) bond motifs is 1. The monoisotopic (exact) mass is 547 g/mol. The molecule has 4 nitrogen and oxygen atoms in total. The predicted octanol–water partition coefficient (Wildman–Crippen LogP) is 8.71. The van der Waals surface area contributed by atoms with Gasteiger partial charge in [0.2, 0.25) is 0 Å². The number of carbonyl (C=O) groups is 1. The molecule has 0 saturated carbocycles. The first-order chi connectivity index (χ1) is 17.8. The zero-order valence-electron chi connectivity index (χ0n) is 20.9. The van der Waals surface area contributed by atoms with Crippen LogP contribution in [0.1, 0.15) is 37.0 Å². The highest BCUT2D eigenvalue weighted by Crippen LogP contribution is 2.37. The van der Waals surface area contributed by atoms with E-state index >= 15 is 0 Å². The van der Waals surface area contributed by atoms with Crippen molar-refractivity contribution in [3.63, 3.8) is 0 Å². The number of para-hydroxylation sites is 1. The van der Waals surface area contributed by atoms with Crippen molar-refractivity contribution in [3.8, 4) is 0 Å². The lowest BCUT2D eigenvalue weighted by Crippen LogP contribution is -2.36. The van der Waals surface area contributed by atoms with Crippen molar-refractivity contribution >= 4 is 68.7 Å². The zero-order chi connectivity index (χ0) is 26.1. The second-order valence-electron chi connectivity index (χ2n) is 9.24. The molecule has 4 aromatic rings. The Morgan fingerprint density at radius 3 is 2.54 bits per heavy atom. The maximum atomic E-state index is 13.6. The van der Waals surface area contributed by atoms with Crippen LogP contribution in [0, 0.1) is 6.92 Å². The number of aromatic nitrogens is 1. The van der Waals surface area contributed by atoms with E-state index in [9.17, 15) is 4.79 Å². The van der Waals surface area contributed by atoms with Crippen LogP contribution in [0.25, 0.3) is 17.0 Å². The summed E-state index contributed by atoms with van der Waals surface area (Å²) in [6, 6.07) is 21.9. The summed E-state index contributed by atoms with van der Waals surface area (Å²) >= 11 is 14.0. The molecule has 1 atom stereocenters. The minimum atomic E-state index is -0.0113. The molecule has 1 aromatic heterocycles. The van der Waals surface area contributed by atoms with Gasteiger partial charge in [-0.3, -0.25) is 9.69 Å². The minimum absolute atomic E-state index is 0.0113. The number of benzene rings is 3. The summed E-state index contributed by atoms with van der Waals surface area (Å²) in [4.78, 5) is 20.9. The highest BCUT2D eigenvalue weighted by atomic mass is 35.5. The van der Waals surface area contributed by atoms with Crippen molar-refractivity contribution in [1.82, 2.24) is 9.47 Å². The molecule has 5 rings (SSSR count). The van der Waals surface area contributed by atoms with Crippen LogP contribution in [0.5, 0.6) is 0 Å². The van der Waals surface area contributed by atoms with Gasteiger partial charge in [0.05, 0.1) is 10.6 Å². The lowest BCUT2D eigenvalue weighted by molar-refractivity contribution is -0.123. The summed E-state index contributed by atoms with van der Waals surface area (Å²) < 4.78 is 2.16. The second kappa shape index (κ2) is 10.8. The van der Waals surface area contributed by atoms with Gasteiger partial charge in [-0.15, -0.1) is 0 Å². The first-order valence-corrected chi connectivity index (χ1v) is 13.8. The Hall–Kier alpha value is -2.99. The summed E-state index contributed by atoms with van der Waals surface area (Å²) in [5.74, 6) is -0.0113. The van der Waals surface area contributed by atoms with Crippen LogP contribution in [0.15, 0.2) is 82.8 Å². The number of aryl methyl sites for hydroxylation is 1. The van der Waals surface area contributed by atoms with E-state index in [1.54, 1.807) is 6.07 Å². The third-order valence-corrected chi connectivity index (χ3v) is 8.16. The SMILES string of the molecule is CC[C@H](C)N1C(=O)/C(=C\c2cn(Cc3ccc(Cl)cc3Cl)c3ccccc23)SC1=Nc1ccc(C)cc1. The van der Waals surface area contributed by atoms with Crippen molar-refractivity contribution in [3.05, 3.63) is 105 Å². The van der Waals surface area contributed by atoms with Crippen LogP contribution >= 0.6 is 35.0 Å². The van der Waals surface area contributed by atoms with E-state index in [-0.39, 0.29) is 11.9 Å². The van der Waals surface area contributed by atoms with Crippen LogP contribution in [-0.4, -0.2) is 26.6 Å². The molecule has 37 heavy (non-hydrogen) atoms. The molecule has 1 fully saturated rings. The highest BCUT2D eigenvalue weighted by Gasteiger charge is 2.36. The molecule has 1 aliphatic rings. The molecule has 188 valence electrons. The standard InChI is InChI=1S/C30H27Cl2N3OS/c1-4-20(3)35-29(36)28(37-30(35)33-24-13-9-19(2)10-14-24)15-22-18-34(27-8-6-5-7-25(22)27)17-21-11-12-23(31)16-26(21)32/h5-16,18,20H,4,17H2,1-3H3/b28-15+,33-30?/t20-/m0/s1. The Morgan fingerprint density at radius 1 is 1.05 bits per heavy atom. The maximum absolute atomic E-state index is 13.6. The van der Waals surface area contributed by atoms with E-state index in [2.05, 4.69) is 43.7 Å². The quantitative estimate of drug-likeness (QED) is 0.226. The number of carbonyl (C=O) groups excluding carboxylic acids is 1. The number of amides is 1. The van der Waals surface area contributed by atoms with Crippen molar-refractivity contribution in [2.45, 2.75) is 39.8 Å². The Kier molecular flexibility index (Phi) is 7.47. The minimum Gasteiger partial charge on any atom is -0.342 e. The Bertz CT molecular complexity index is 1540. The molecule has 7 heteroatoms. The maximum Gasteiger partial charge on any atom is 0.267 e. The van der Waals surface area contributed by atoms with Gasteiger partial charge in [-0.1, -0.05) is 72.1 Å². The first kappa shape index (κ1) is 25.7. The fourth-order valence-electron chi connectivity index (χ4n) is 4.36. The van der Waals surface area contributed by atoms with E-state index in [0.717, 1.165) is 34.1 Å². The van der Waals surface area contributed by atoms with Gasteiger partial charge in [-0.2, -0.15) is 0 Å². The fraction of sp³-hybridized carbons (Fsp3) is 0.200. The Morgan fingerprint density at radius 2 is 1.81 bits per heavy atom. The van der Waals surface area contributed by atoms with E-state index < -0.39 is 0 Å². The lowest BCUT2D eigenvalue weighted by Gasteiger charge is -2.22. The number of rotatable bonds is 6. The number of aliphatic imine (C=N–C) groups is 1. The third-order valence-electron chi connectivity index (χ3n) is 6.59. The van der Waals surface area contributed by atoms with Crippen LogP contribution in [0.4, 0.5) is 5.69 Å². The molecular weight excluding hydrogens is 521 g/mol. The molecule has 3 aromatic carbocycles. The normalized spacial score (nSPS) is 16.9. The summed E-state index contributed by atoms with van der Waals surface area (Å²) in [6.45, 7) is 6.80. The number of nitrogens with zero attached hydrogens (tertiary/aromatic N) is 3. The molecule has 0 unspecified atom stereocenters. The van der Waals surface area contributed by atoms with Crippen molar-refractivity contribution in [2.75, 3.05) is 0 Å². The average molecular weight is 549 g/mol. The fourth-order valence-corrected chi connectivity index (χ4v) is 5.91. The van der Waals surface area contributed by atoms with Gasteiger partial charge in [-0.05, 0) is 74.0 Å². The predicted molar refractivity (Wildman–Crippen MR) is 158 cm³/mol. The molecule has 1 aliphatic heterocycles. The molecule has 1 amide bonds. The lowest BCUT2D eigenvalue weighted by atomic mass is 10.1. The molecule has 1 saturated heterocycles. The van der Waals surface area contributed by atoms with Crippen LogP contribution in [0.2, 0.25) is 10.0 Å². The molecular formula is C30H27Cl2N3OS. The number of thioether (sulfide) groups is 1. The Labute approximate surface area is 231 Å². The van der Waals surface area contributed by atoms with Gasteiger partial charge in [0.15, 0.2) is 5.17 Å². The van der Waals surface area contributed by atoms with Crippen molar-refractivity contribution in [1.29, 1.82) is 0 Å². The largest absolute Gasteiger partial charge is 0.342 e. The van der Waals surface area contributed by atoms with Gasteiger partial charge in [0.25, 0.3) is 5.91 Å². The molecule has 0 N–H and O–H groups in total. The van der Waals surface area contributed by atoms with Crippen LogP contribution in [-0.2, 0) is 11.3 Å². The second-order valence-corrected chi connectivity index (χ2v) is 11.1. The zero-order valence-corrected chi connectivity index (χ0v) is 23.2. The third kappa shape index (κ3) is 5.35. The van der Waals surface area contributed by atoms with Gasteiger partial charge in [0, 0.05) is 45.3 Å². The Balaban J connectivity index is 1.54. The van der Waals surface area contributed by atoms with Gasteiger partial charge >= 0.3 is 0 Å². The summed E-state index contributed by atoms with van der Waals surface area (Å²) in [6.07, 6.45) is 4.91. The van der Waals surface area contributed by atoms with E-state index in [4.69, 9.17) is 28.2 Å². The van der Waals surface area contributed by atoms with Gasteiger partial charge in [-0.25, -0.2) is 4.99 Å².